The van der Waals surface area contributed by atoms with E-state index in [1.165, 1.54) is 0 Å². The molecule has 104 valence electrons. The number of hydrogen-bond donors (Lipinski definition) is 0. The van der Waals surface area contributed by atoms with Crippen LogP contribution in [0.25, 0.3) is 4.85 Å². The Bertz CT molecular complexity index is 1080. The minimum Gasteiger partial charge on any atom is -0.366 e. The van der Waals surface area contributed by atoms with Crippen LogP contribution in [0.4, 0.5) is 0 Å². The fourth-order valence-corrected chi connectivity index (χ4v) is 0.647. The quantitative estimate of drug-likeness (QED) is 0.390. The number of esters is 1. The lowest BCUT2D eigenvalue weighted by Crippen LogP contribution is -2.01. The minimum atomic E-state index is -0.732. The summed E-state index contributed by atoms with van der Waals surface area (Å²) in [5, 5.41) is 0. The Morgan fingerprint density at radius 1 is 0.750 bits per heavy atom. The number of ether oxygens (including phenoxy) is 1. The molecule has 0 radical (unpaired) electrons. The van der Waals surface area contributed by atoms with Crippen molar-refractivity contribution in [3.63, 3.8) is 0 Å². The zero-order valence-electron chi connectivity index (χ0n) is 12.0. The minimum absolute atomic E-state index is 0.380. The maximum Gasteiger partial charge on any atom is 0.401 e. The molecular formula is C21H3NO2. The molecule has 0 aromatic heterocycles. The highest BCUT2D eigenvalue weighted by Gasteiger charge is 2.01. The summed E-state index contributed by atoms with van der Waals surface area (Å²) in [7, 11) is 0. The summed E-state index contributed by atoms with van der Waals surface area (Å²) in [6, 6.07) is 0. The van der Waals surface area contributed by atoms with Crippen LogP contribution in [0.3, 0.4) is 0 Å². The Balaban J connectivity index is 4.31. The first-order valence-corrected chi connectivity index (χ1v) is 5.79. The number of hydrogen-bond acceptors (Lipinski definition) is 2. The smallest absolute Gasteiger partial charge is 0.366 e. The number of rotatable bonds is 1. The summed E-state index contributed by atoms with van der Waals surface area (Å²) in [5.74, 6) is 37.3. The lowest BCUT2D eigenvalue weighted by Gasteiger charge is -1.82. The highest BCUT2D eigenvalue weighted by atomic mass is 16.5. The van der Waals surface area contributed by atoms with Crippen molar-refractivity contribution in [2.45, 2.75) is 0 Å². The molecule has 0 aliphatic rings. The second kappa shape index (κ2) is 16.1. The van der Waals surface area contributed by atoms with Crippen LogP contribution < -0.4 is 0 Å². The topological polar surface area (TPSA) is 30.7 Å². The Kier molecular flexibility index (Phi) is 12.7. The van der Waals surface area contributed by atoms with Crippen molar-refractivity contribution >= 4 is 5.97 Å². The van der Waals surface area contributed by atoms with E-state index in [-0.39, 0.29) is 6.54 Å². The molecule has 0 rings (SSSR count). The van der Waals surface area contributed by atoms with Crippen LogP contribution in [-0.2, 0) is 9.53 Å². The van der Waals surface area contributed by atoms with Crippen LogP contribution >= 0.6 is 0 Å². The van der Waals surface area contributed by atoms with Gasteiger partial charge in [0.1, 0.15) is 6.11 Å². The molecule has 0 saturated heterocycles. The lowest BCUT2D eigenvalue weighted by molar-refractivity contribution is -0.134. The lowest BCUT2D eigenvalue weighted by atomic mass is 10.5. The van der Waals surface area contributed by atoms with Gasteiger partial charge in [-0.05, 0) is 47.4 Å². The van der Waals surface area contributed by atoms with E-state index in [0.29, 0.717) is 0 Å². The predicted molar refractivity (Wildman–Crippen MR) is 88.6 cm³/mol. The summed E-state index contributed by atoms with van der Waals surface area (Å²) in [6.45, 7) is 6.04. The summed E-state index contributed by atoms with van der Waals surface area (Å²) in [6.07, 6.45) is 6.92. The molecular weight excluding hydrogens is 298 g/mol. The summed E-state index contributed by atoms with van der Waals surface area (Å²) >= 11 is 0. The van der Waals surface area contributed by atoms with E-state index in [0.717, 1.165) is 0 Å². The van der Waals surface area contributed by atoms with Gasteiger partial charge in [0, 0.05) is 47.4 Å². The molecule has 0 aliphatic carbocycles. The van der Waals surface area contributed by atoms with E-state index >= 15 is 0 Å². The van der Waals surface area contributed by atoms with Gasteiger partial charge in [-0.1, -0.05) is 0 Å². The zero-order chi connectivity index (χ0) is 17.7. The number of carbonyl (C=O) groups excluding carboxylic acids is 1. The molecule has 3 heteroatoms. The van der Waals surface area contributed by atoms with Crippen LogP contribution in [0.5, 0.6) is 0 Å². The van der Waals surface area contributed by atoms with Gasteiger partial charge in [0.2, 0.25) is 0 Å². The largest absolute Gasteiger partial charge is 0.401 e. The molecule has 0 N–H and O–H groups in total. The van der Waals surface area contributed by atoms with E-state index in [9.17, 15) is 4.79 Å². The first-order valence-electron chi connectivity index (χ1n) is 5.79. The molecule has 3 nitrogen and oxygen atoms in total. The van der Waals surface area contributed by atoms with Gasteiger partial charge >= 0.3 is 12.5 Å². The molecule has 0 amide bonds. The third-order valence-corrected chi connectivity index (χ3v) is 1.37. The first kappa shape index (κ1) is 19.0. The Morgan fingerprint density at radius 3 is 1.50 bits per heavy atom. The molecule has 0 heterocycles. The van der Waals surface area contributed by atoms with Crippen molar-refractivity contribution in [2.75, 3.05) is 6.54 Å². The van der Waals surface area contributed by atoms with Crippen LogP contribution in [0.1, 0.15) is 0 Å². The van der Waals surface area contributed by atoms with Crippen molar-refractivity contribution in [1.82, 2.24) is 0 Å². The Hall–Kier alpha value is -5.00. The van der Waals surface area contributed by atoms with E-state index in [4.69, 9.17) is 13.0 Å². The summed E-state index contributed by atoms with van der Waals surface area (Å²) < 4.78 is 4.35. The standard InChI is InChI=1S/C21H3NO2/c1-3-4-5-6-7-8-9-10-11-12-13-14-15-16-17-18-19-24-21(23)20-22-2/h1H,20H2. The van der Waals surface area contributed by atoms with Gasteiger partial charge in [0.15, 0.2) is 0 Å². The molecule has 0 aromatic rings. The van der Waals surface area contributed by atoms with Gasteiger partial charge < -0.3 is 9.58 Å². The zero-order valence-corrected chi connectivity index (χ0v) is 12.0. The molecule has 0 aromatic carbocycles. The molecule has 0 aliphatic heterocycles. The van der Waals surface area contributed by atoms with Crippen molar-refractivity contribution in [1.29, 1.82) is 0 Å². The average Bonchev–Trinajstić information content (AvgIpc) is 2.58. The fourth-order valence-electron chi connectivity index (χ4n) is 0.647. The van der Waals surface area contributed by atoms with Crippen LogP contribution in [-0.4, -0.2) is 12.5 Å². The highest BCUT2D eigenvalue weighted by molar-refractivity contribution is 5.74. The number of terminal acetylenes is 1. The summed E-state index contributed by atoms with van der Waals surface area (Å²) in [4.78, 5) is 13.6. The maximum atomic E-state index is 10.7. The van der Waals surface area contributed by atoms with Gasteiger partial charge in [-0.15, -0.1) is 6.42 Å². The number of carbonyl (C=O) groups is 1. The first-order chi connectivity index (χ1) is 11.8. The Morgan fingerprint density at radius 2 is 1.12 bits per heavy atom. The van der Waals surface area contributed by atoms with Crippen molar-refractivity contribution < 1.29 is 9.53 Å². The summed E-state index contributed by atoms with van der Waals surface area (Å²) in [5.41, 5.74) is 0. The van der Waals surface area contributed by atoms with Gasteiger partial charge in [0.25, 0.3) is 0 Å². The van der Waals surface area contributed by atoms with E-state index in [2.05, 4.69) is 104 Å². The van der Waals surface area contributed by atoms with E-state index in [1.807, 2.05) is 6.11 Å². The second-order valence-electron chi connectivity index (χ2n) is 2.91. The van der Waals surface area contributed by atoms with E-state index in [1.54, 1.807) is 0 Å². The van der Waals surface area contributed by atoms with Gasteiger partial charge in [-0.2, -0.15) is 0 Å². The molecule has 0 saturated carbocycles. The molecule has 0 unspecified atom stereocenters. The Labute approximate surface area is 141 Å². The normalized spacial score (nSPS) is 4.75. The number of nitrogens with zero attached hydrogens (tertiary/aromatic N) is 1. The highest BCUT2D eigenvalue weighted by Crippen LogP contribution is 1.75. The molecule has 0 spiro atoms. The van der Waals surface area contributed by atoms with Gasteiger partial charge in [-0.25, -0.2) is 11.4 Å². The van der Waals surface area contributed by atoms with Crippen molar-refractivity contribution in [3.05, 3.63) is 11.4 Å². The van der Waals surface area contributed by atoms with E-state index < -0.39 is 5.97 Å². The second-order valence-corrected chi connectivity index (χ2v) is 2.91. The van der Waals surface area contributed by atoms with Crippen LogP contribution in [0, 0.1) is 114 Å². The van der Waals surface area contributed by atoms with Crippen LogP contribution in [0.15, 0.2) is 0 Å². The van der Waals surface area contributed by atoms with Crippen molar-refractivity contribution in [2.24, 2.45) is 0 Å². The molecule has 0 bridgehead atoms. The molecule has 0 atom stereocenters. The third-order valence-electron chi connectivity index (χ3n) is 1.37. The maximum absolute atomic E-state index is 10.7. The molecule has 0 fully saturated rings. The van der Waals surface area contributed by atoms with Crippen molar-refractivity contribution in [3.8, 4) is 107 Å². The fraction of sp³-hybridized carbons (Fsp3) is 0.0476. The predicted octanol–water partition coefficient (Wildman–Crippen LogP) is 0.0668. The monoisotopic (exact) mass is 301 g/mol. The van der Waals surface area contributed by atoms with Gasteiger partial charge in [-0.3, -0.25) is 0 Å². The van der Waals surface area contributed by atoms with Crippen LogP contribution in [0.2, 0.25) is 0 Å². The SMILES string of the molecule is [C-]#[N+]CC(=O)OC#CC#CC#CC#CC#CC#CC#CC#CC#C. The third kappa shape index (κ3) is 15.1. The van der Waals surface area contributed by atoms with Gasteiger partial charge in [0.05, 0.1) is 0 Å². The molecule has 24 heavy (non-hydrogen) atoms. The average molecular weight is 301 g/mol.